The molecule has 20 heavy (non-hydrogen) atoms. The molecule has 1 aromatic rings. The van der Waals surface area contributed by atoms with E-state index >= 15 is 0 Å². The number of benzene rings is 1. The Labute approximate surface area is 119 Å². The second-order valence-electron chi connectivity index (χ2n) is 6.91. The van der Waals surface area contributed by atoms with E-state index in [1.54, 1.807) is 0 Å². The monoisotopic (exact) mass is 270 g/mol. The number of amides is 1. The summed E-state index contributed by atoms with van der Waals surface area (Å²) < 4.78 is 0. The molecule has 0 aromatic heterocycles. The Morgan fingerprint density at radius 1 is 1.30 bits per heavy atom. The lowest BCUT2D eigenvalue weighted by Crippen LogP contribution is -2.33. The van der Waals surface area contributed by atoms with Gasteiger partial charge in [-0.3, -0.25) is 4.79 Å². The van der Waals surface area contributed by atoms with Gasteiger partial charge in [0.1, 0.15) is 0 Å². The van der Waals surface area contributed by atoms with Crippen LogP contribution in [0.5, 0.6) is 0 Å². The molecule has 3 N–H and O–H groups in total. The van der Waals surface area contributed by atoms with E-state index in [1.807, 2.05) is 31.2 Å². The molecule has 0 aliphatic heterocycles. The van der Waals surface area contributed by atoms with E-state index in [0.29, 0.717) is 6.04 Å². The van der Waals surface area contributed by atoms with E-state index in [4.69, 9.17) is 5.73 Å². The first kappa shape index (κ1) is 12.2. The number of nitrogens with one attached hydrogen (secondary N) is 1. The summed E-state index contributed by atoms with van der Waals surface area (Å²) in [5.41, 5.74) is 7.53. The minimum atomic E-state index is -0.113. The Morgan fingerprint density at radius 2 is 2.00 bits per heavy atom. The largest absolute Gasteiger partial charge is 0.399 e. The summed E-state index contributed by atoms with van der Waals surface area (Å²) in [4.78, 5) is 12.4. The maximum Gasteiger partial charge on any atom is 0.227 e. The second kappa shape index (κ2) is 4.24. The molecule has 1 aromatic carbocycles. The SMILES string of the molecule is CC(C(=O)NC1C2C3CCC(C3)C12)c1cccc(N)c1. The highest BCUT2D eigenvalue weighted by Crippen LogP contribution is 2.65. The van der Waals surface area contributed by atoms with Crippen LogP contribution >= 0.6 is 0 Å². The Bertz CT molecular complexity index is 540. The number of hydrogen-bond donors (Lipinski definition) is 2. The van der Waals surface area contributed by atoms with Gasteiger partial charge in [-0.15, -0.1) is 0 Å². The van der Waals surface area contributed by atoms with E-state index < -0.39 is 0 Å². The predicted octanol–water partition coefficient (Wildman–Crippen LogP) is 2.53. The lowest BCUT2D eigenvalue weighted by molar-refractivity contribution is -0.122. The lowest BCUT2D eigenvalue weighted by atomic mass is 9.99. The van der Waals surface area contributed by atoms with Crippen LogP contribution < -0.4 is 11.1 Å². The average molecular weight is 270 g/mol. The predicted molar refractivity (Wildman–Crippen MR) is 79.0 cm³/mol. The molecule has 1 amide bonds. The van der Waals surface area contributed by atoms with Crippen LogP contribution in [0.1, 0.15) is 37.7 Å². The van der Waals surface area contributed by atoms with Gasteiger partial charge >= 0.3 is 0 Å². The Kier molecular flexibility index (Phi) is 2.60. The third-order valence-electron chi connectivity index (χ3n) is 5.85. The first-order chi connectivity index (χ1) is 9.65. The average Bonchev–Trinajstić information content (AvgIpc) is 2.84. The molecule has 3 saturated carbocycles. The zero-order valence-corrected chi connectivity index (χ0v) is 11.9. The van der Waals surface area contributed by atoms with E-state index in [-0.39, 0.29) is 11.8 Å². The summed E-state index contributed by atoms with van der Waals surface area (Å²) in [6, 6.07) is 8.13. The smallest absolute Gasteiger partial charge is 0.227 e. The van der Waals surface area contributed by atoms with Crippen LogP contribution in [0.2, 0.25) is 0 Å². The molecule has 0 radical (unpaired) electrons. The number of carbonyl (C=O) groups is 1. The number of hydrogen-bond acceptors (Lipinski definition) is 2. The van der Waals surface area contributed by atoms with Gasteiger partial charge in [0.15, 0.2) is 0 Å². The molecule has 3 heteroatoms. The van der Waals surface area contributed by atoms with Gasteiger partial charge in [0.25, 0.3) is 0 Å². The van der Waals surface area contributed by atoms with Gasteiger partial charge in [0.05, 0.1) is 5.92 Å². The van der Waals surface area contributed by atoms with Gasteiger partial charge in [-0.05, 0) is 67.6 Å². The summed E-state index contributed by atoms with van der Waals surface area (Å²) >= 11 is 0. The van der Waals surface area contributed by atoms with Gasteiger partial charge in [0, 0.05) is 11.7 Å². The molecule has 3 nitrogen and oxygen atoms in total. The molecule has 5 unspecified atom stereocenters. The lowest BCUT2D eigenvalue weighted by Gasteiger charge is -2.15. The number of anilines is 1. The fourth-order valence-electron chi connectivity index (χ4n) is 4.79. The molecule has 0 spiro atoms. The third kappa shape index (κ3) is 1.75. The fourth-order valence-corrected chi connectivity index (χ4v) is 4.79. The number of fused-ring (bicyclic) bond motifs is 5. The van der Waals surface area contributed by atoms with Crippen LogP contribution in [0.25, 0.3) is 0 Å². The van der Waals surface area contributed by atoms with Crippen molar-refractivity contribution in [2.45, 2.75) is 38.1 Å². The standard InChI is InChI=1S/C17H22N2O/c1-9(10-3-2-4-13(18)8-10)17(20)19-16-14-11-5-6-12(7-11)15(14)16/h2-4,8-9,11-12,14-16H,5-7,18H2,1H3,(H,19,20). The highest BCUT2D eigenvalue weighted by molar-refractivity contribution is 5.84. The van der Waals surface area contributed by atoms with E-state index in [1.165, 1.54) is 19.3 Å². The minimum Gasteiger partial charge on any atom is -0.399 e. The molecule has 2 bridgehead atoms. The second-order valence-corrected chi connectivity index (χ2v) is 6.91. The van der Waals surface area contributed by atoms with Crippen LogP contribution in [0.15, 0.2) is 24.3 Å². The molecule has 4 rings (SSSR count). The van der Waals surface area contributed by atoms with Crippen molar-refractivity contribution >= 4 is 11.6 Å². The van der Waals surface area contributed by atoms with E-state index in [2.05, 4.69) is 5.32 Å². The Hall–Kier alpha value is -1.51. The summed E-state index contributed by atoms with van der Waals surface area (Å²) in [5, 5.41) is 3.29. The van der Waals surface area contributed by atoms with E-state index in [9.17, 15) is 4.79 Å². The van der Waals surface area contributed by atoms with Crippen molar-refractivity contribution in [2.24, 2.45) is 23.7 Å². The molecule has 0 saturated heterocycles. The van der Waals surface area contributed by atoms with Crippen molar-refractivity contribution in [2.75, 3.05) is 5.73 Å². The molecular weight excluding hydrogens is 248 g/mol. The fraction of sp³-hybridized carbons (Fsp3) is 0.588. The van der Waals surface area contributed by atoms with Crippen LogP contribution in [-0.4, -0.2) is 11.9 Å². The zero-order valence-electron chi connectivity index (χ0n) is 11.9. The molecule has 106 valence electrons. The highest BCUT2D eigenvalue weighted by Gasteiger charge is 2.65. The quantitative estimate of drug-likeness (QED) is 0.829. The minimum absolute atomic E-state index is 0.113. The van der Waals surface area contributed by atoms with Crippen molar-refractivity contribution in [3.05, 3.63) is 29.8 Å². The number of rotatable bonds is 3. The molecule has 3 aliphatic carbocycles. The number of nitrogen functional groups attached to an aromatic ring is 1. The van der Waals surface area contributed by atoms with Gasteiger partial charge in [0.2, 0.25) is 5.91 Å². The molecule has 3 aliphatic rings. The number of nitrogens with two attached hydrogens (primary N) is 1. The summed E-state index contributed by atoms with van der Waals surface area (Å²) in [6.45, 7) is 1.97. The van der Waals surface area contributed by atoms with Gasteiger partial charge < -0.3 is 11.1 Å². The van der Waals surface area contributed by atoms with Gasteiger partial charge in [-0.2, -0.15) is 0 Å². The van der Waals surface area contributed by atoms with Crippen molar-refractivity contribution in [1.29, 1.82) is 0 Å². The van der Waals surface area contributed by atoms with E-state index in [0.717, 1.165) is 34.9 Å². The van der Waals surface area contributed by atoms with Crippen molar-refractivity contribution in [1.82, 2.24) is 5.32 Å². The first-order valence-electron chi connectivity index (χ1n) is 7.81. The van der Waals surface area contributed by atoms with Crippen molar-refractivity contribution in [3.63, 3.8) is 0 Å². The van der Waals surface area contributed by atoms with Crippen LogP contribution in [0, 0.1) is 23.7 Å². The zero-order chi connectivity index (χ0) is 13.9. The topological polar surface area (TPSA) is 55.1 Å². The van der Waals surface area contributed by atoms with Gasteiger partial charge in [-0.1, -0.05) is 12.1 Å². The highest BCUT2D eigenvalue weighted by atomic mass is 16.2. The third-order valence-corrected chi connectivity index (χ3v) is 5.85. The molecule has 0 heterocycles. The molecule has 3 fully saturated rings. The first-order valence-corrected chi connectivity index (χ1v) is 7.81. The maximum absolute atomic E-state index is 12.4. The Balaban J connectivity index is 1.42. The number of carbonyl (C=O) groups excluding carboxylic acids is 1. The summed E-state index contributed by atoms with van der Waals surface area (Å²) in [7, 11) is 0. The maximum atomic E-state index is 12.4. The van der Waals surface area contributed by atoms with Crippen molar-refractivity contribution < 1.29 is 4.79 Å². The Morgan fingerprint density at radius 3 is 2.65 bits per heavy atom. The summed E-state index contributed by atoms with van der Waals surface area (Å²) in [5.74, 6) is 3.44. The van der Waals surface area contributed by atoms with Gasteiger partial charge in [-0.25, -0.2) is 0 Å². The summed E-state index contributed by atoms with van der Waals surface area (Å²) in [6.07, 6.45) is 4.21. The molecule has 5 atom stereocenters. The molecular formula is C17H22N2O. The van der Waals surface area contributed by atoms with Crippen LogP contribution in [0.4, 0.5) is 5.69 Å². The van der Waals surface area contributed by atoms with Crippen molar-refractivity contribution in [3.8, 4) is 0 Å². The van der Waals surface area contributed by atoms with Crippen LogP contribution in [0.3, 0.4) is 0 Å². The van der Waals surface area contributed by atoms with Crippen LogP contribution in [-0.2, 0) is 4.79 Å². The normalized spacial score (nSPS) is 38.4.